The topological polar surface area (TPSA) is 34.0 Å². The fourth-order valence-corrected chi connectivity index (χ4v) is 2.97. The molecule has 2 rings (SSSR count). The van der Waals surface area contributed by atoms with Gasteiger partial charge in [-0.3, -0.25) is 4.99 Å². The maximum Gasteiger partial charge on any atom is 0.133 e. The van der Waals surface area contributed by atoms with E-state index in [1.54, 1.807) is 7.11 Å². The second-order valence-corrected chi connectivity index (χ2v) is 6.50. The van der Waals surface area contributed by atoms with Gasteiger partial charge < -0.3 is 4.74 Å². The molecule has 1 aliphatic carbocycles. The molecule has 0 spiro atoms. The molecule has 1 aromatic carbocycles. The zero-order valence-electron chi connectivity index (χ0n) is 15.2. The van der Waals surface area contributed by atoms with Gasteiger partial charge in [0.15, 0.2) is 0 Å². The van der Waals surface area contributed by atoms with E-state index in [1.165, 1.54) is 5.56 Å². The fraction of sp³-hybridized carbons (Fsp3) is 0.579. The van der Waals surface area contributed by atoms with Crippen LogP contribution in [0.2, 0.25) is 0 Å². The van der Waals surface area contributed by atoms with Gasteiger partial charge in [0, 0.05) is 13.3 Å². The van der Waals surface area contributed by atoms with Gasteiger partial charge >= 0.3 is 0 Å². The van der Waals surface area contributed by atoms with Crippen LogP contribution < -0.4 is 4.74 Å². The van der Waals surface area contributed by atoms with Crippen molar-refractivity contribution in [1.29, 1.82) is 0 Å². The largest absolute Gasteiger partial charge is 0.496 e. The third kappa shape index (κ3) is 4.66. The van der Waals surface area contributed by atoms with Crippen molar-refractivity contribution in [3.05, 3.63) is 28.2 Å². The Kier molecular flexibility index (Phi) is 7.97. The molecule has 0 radical (unpaired) electrons. The predicted octanol–water partition coefficient (Wildman–Crippen LogP) is 5.66. The number of ether oxygens (including phenoxy) is 1. The van der Waals surface area contributed by atoms with Crippen LogP contribution >= 0.6 is 15.9 Å². The number of rotatable bonds is 5. The summed E-state index contributed by atoms with van der Waals surface area (Å²) in [6.45, 7) is 8.35. The molecule has 1 saturated carbocycles. The summed E-state index contributed by atoms with van der Waals surface area (Å²) in [7, 11) is 3.52. The minimum atomic E-state index is -0.00645. The number of aliphatic imine (C=N–C) groups is 2. The molecule has 0 bridgehead atoms. The minimum absolute atomic E-state index is 0.00645. The molecule has 1 unspecified atom stereocenters. The zero-order valence-corrected chi connectivity index (χ0v) is 16.8. The van der Waals surface area contributed by atoms with Gasteiger partial charge in [-0.25, -0.2) is 4.99 Å². The smallest absolute Gasteiger partial charge is 0.133 e. The number of amidine groups is 1. The molecule has 4 heteroatoms. The number of benzene rings is 1. The first-order chi connectivity index (χ1) is 11.1. The van der Waals surface area contributed by atoms with Gasteiger partial charge in [-0.2, -0.15) is 0 Å². The Bertz CT molecular complexity index is 562. The van der Waals surface area contributed by atoms with Crippen LogP contribution in [0, 0.1) is 5.92 Å². The third-order valence-electron chi connectivity index (χ3n) is 4.19. The van der Waals surface area contributed by atoms with E-state index >= 15 is 0 Å². The predicted molar refractivity (Wildman–Crippen MR) is 104 cm³/mol. The van der Waals surface area contributed by atoms with Gasteiger partial charge in [0.25, 0.3) is 0 Å². The van der Waals surface area contributed by atoms with Crippen LogP contribution in [-0.2, 0) is 5.41 Å². The second-order valence-electron chi connectivity index (χ2n) is 5.64. The van der Waals surface area contributed by atoms with Crippen LogP contribution in [-0.4, -0.2) is 26.2 Å². The zero-order chi connectivity index (χ0) is 17.5. The first-order valence-electron chi connectivity index (χ1n) is 8.43. The van der Waals surface area contributed by atoms with Crippen LogP contribution in [0.1, 0.15) is 52.5 Å². The van der Waals surface area contributed by atoms with Gasteiger partial charge in [-0.15, -0.1) is 0 Å². The first kappa shape index (κ1) is 19.9. The average molecular weight is 381 g/mol. The molecule has 0 N–H and O–H groups in total. The van der Waals surface area contributed by atoms with Crippen molar-refractivity contribution in [2.45, 2.75) is 52.4 Å². The molecule has 1 aromatic rings. The summed E-state index contributed by atoms with van der Waals surface area (Å²) < 4.78 is 6.29. The molecule has 1 aliphatic rings. The highest BCUT2D eigenvalue weighted by Gasteiger charge is 2.49. The maximum absolute atomic E-state index is 5.31. The highest BCUT2D eigenvalue weighted by atomic mass is 79.9. The Hall–Kier alpha value is -1.16. The molecule has 0 amide bonds. The van der Waals surface area contributed by atoms with Crippen molar-refractivity contribution >= 4 is 28.0 Å². The average Bonchev–Trinajstić information content (AvgIpc) is 3.38. The van der Waals surface area contributed by atoms with Gasteiger partial charge in [0.05, 0.1) is 17.0 Å². The van der Waals surface area contributed by atoms with Gasteiger partial charge in [-0.1, -0.05) is 33.8 Å². The summed E-state index contributed by atoms with van der Waals surface area (Å²) in [5, 5.41) is 0. The Balaban J connectivity index is 0.00000127. The van der Waals surface area contributed by atoms with Crippen LogP contribution in [0.4, 0.5) is 0 Å². The molecule has 0 saturated heterocycles. The van der Waals surface area contributed by atoms with Gasteiger partial charge in [0.2, 0.25) is 0 Å². The Labute approximate surface area is 149 Å². The molecular weight excluding hydrogens is 352 g/mol. The first-order valence-corrected chi connectivity index (χ1v) is 9.22. The summed E-state index contributed by atoms with van der Waals surface area (Å²) in [4.78, 5) is 9.12. The molecule has 128 valence electrons. The van der Waals surface area contributed by atoms with Crippen molar-refractivity contribution in [2.75, 3.05) is 14.2 Å². The molecule has 0 aliphatic heterocycles. The standard InChI is InChI=1S/C17H23BrN2O.C2H6/c1-5-12(2)11-20-16(19-3)17(8-9-17)13-6-7-15(21-4)14(18)10-13;1-2/h6-7,10-12H,5,8-9H2,1-4H3;1-2H3. The second kappa shape index (κ2) is 9.21. The number of halogens is 1. The van der Waals surface area contributed by atoms with Crippen LogP contribution in [0.5, 0.6) is 5.75 Å². The molecule has 1 atom stereocenters. The summed E-state index contributed by atoms with van der Waals surface area (Å²) >= 11 is 3.57. The van der Waals surface area contributed by atoms with E-state index in [4.69, 9.17) is 4.74 Å². The third-order valence-corrected chi connectivity index (χ3v) is 4.81. The van der Waals surface area contributed by atoms with E-state index in [9.17, 15) is 0 Å². The lowest BCUT2D eigenvalue weighted by molar-refractivity contribution is 0.412. The number of nitrogens with zero attached hydrogens (tertiary/aromatic N) is 2. The Morgan fingerprint density at radius 3 is 2.48 bits per heavy atom. The number of hydrogen-bond acceptors (Lipinski definition) is 2. The minimum Gasteiger partial charge on any atom is -0.496 e. The Morgan fingerprint density at radius 2 is 2.04 bits per heavy atom. The van der Waals surface area contributed by atoms with Crippen molar-refractivity contribution in [2.24, 2.45) is 15.9 Å². The van der Waals surface area contributed by atoms with E-state index in [0.717, 1.165) is 35.3 Å². The van der Waals surface area contributed by atoms with E-state index in [1.807, 2.05) is 33.2 Å². The maximum atomic E-state index is 5.31. The van der Waals surface area contributed by atoms with E-state index in [2.05, 4.69) is 51.9 Å². The van der Waals surface area contributed by atoms with Gasteiger partial charge in [0.1, 0.15) is 11.6 Å². The van der Waals surface area contributed by atoms with Crippen LogP contribution in [0.15, 0.2) is 32.7 Å². The lowest BCUT2D eigenvalue weighted by atomic mass is 9.94. The highest BCUT2D eigenvalue weighted by molar-refractivity contribution is 9.10. The van der Waals surface area contributed by atoms with Crippen molar-refractivity contribution in [3.8, 4) is 5.75 Å². The fourth-order valence-electron chi connectivity index (χ4n) is 2.43. The highest BCUT2D eigenvalue weighted by Crippen LogP contribution is 2.51. The van der Waals surface area contributed by atoms with Crippen LogP contribution in [0.3, 0.4) is 0 Å². The van der Waals surface area contributed by atoms with Crippen molar-refractivity contribution < 1.29 is 4.74 Å². The van der Waals surface area contributed by atoms with Gasteiger partial charge in [-0.05, 0) is 58.8 Å². The summed E-state index contributed by atoms with van der Waals surface area (Å²) in [5.74, 6) is 2.28. The van der Waals surface area contributed by atoms with E-state index in [0.29, 0.717) is 5.92 Å². The lowest BCUT2D eigenvalue weighted by Gasteiger charge is -2.17. The summed E-state index contributed by atoms with van der Waals surface area (Å²) in [5.41, 5.74) is 1.25. The molecular formula is C19H29BrN2O. The molecule has 1 fully saturated rings. The monoisotopic (exact) mass is 380 g/mol. The lowest BCUT2D eigenvalue weighted by Crippen LogP contribution is -2.19. The summed E-state index contributed by atoms with van der Waals surface area (Å²) in [6, 6.07) is 6.27. The number of methoxy groups -OCH3 is 1. The van der Waals surface area contributed by atoms with E-state index in [-0.39, 0.29) is 5.41 Å². The van der Waals surface area contributed by atoms with Crippen LogP contribution in [0.25, 0.3) is 0 Å². The van der Waals surface area contributed by atoms with E-state index < -0.39 is 0 Å². The molecule has 0 aromatic heterocycles. The van der Waals surface area contributed by atoms with Crippen molar-refractivity contribution in [3.63, 3.8) is 0 Å². The molecule has 3 nitrogen and oxygen atoms in total. The summed E-state index contributed by atoms with van der Waals surface area (Å²) in [6.07, 6.45) is 5.34. The normalized spacial score (nSPS) is 17.4. The molecule has 0 heterocycles. The quantitative estimate of drug-likeness (QED) is 0.479. The van der Waals surface area contributed by atoms with Crippen molar-refractivity contribution in [1.82, 2.24) is 0 Å². The Morgan fingerprint density at radius 1 is 1.39 bits per heavy atom. The number of hydrogen-bond donors (Lipinski definition) is 0. The molecule has 23 heavy (non-hydrogen) atoms. The SMILES string of the molecule is CC.CCC(C)C=NC(=NC)C1(c2ccc(OC)c(Br)c2)CC1.